The highest BCUT2D eigenvalue weighted by atomic mass is 16.5. The van der Waals surface area contributed by atoms with Crippen LogP contribution in [0.3, 0.4) is 0 Å². The van der Waals surface area contributed by atoms with Gasteiger partial charge in [0.25, 0.3) is 0 Å². The van der Waals surface area contributed by atoms with Crippen LogP contribution in [0.5, 0.6) is 0 Å². The normalized spacial score (nSPS) is 14.9. The molecule has 1 heterocycles. The second kappa shape index (κ2) is 5.30. The van der Waals surface area contributed by atoms with Gasteiger partial charge in [0.1, 0.15) is 6.54 Å². The smallest absolute Gasteiger partial charge is 0.344 e. The van der Waals surface area contributed by atoms with Crippen LogP contribution in [0, 0.1) is 0 Å². The lowest BCUT2D eigenvalue weighted by atomic mass is 10.1. The third kappa shape index (κ3) is 2.95. The lowest BCUT2D eigenvalue weighted by Gasteiger charge is -2.04. The Morgan fingerprint density at radius 3 is 2.58 bits per heavy atom. The van der Waals surface area contributed by atoms with Crippen molar-refractivity contribution in [3.63, 3.8) is 0 Å². The summed E-state index contributed by atoms with van der Waals surface area (Å²) in [4.78, 5) is 33.4. The van der Waals surface area contributed by atoms with Gasteiger partial charge in [0.05, 0.1) is 18.9 Å². The van der Waals surface area contributed by atoms with E-state index >= 15 is 0 Å². The number of esters is 1. The van der Waals surface area contributed by atoms with E-state index < -0.39 is 12.0 Å². The van der Waals surface area contributed by atoms with Gasteiger partial charge in [0.15, 0.2) is 0 Å². The number of imide groups is 1. The molecule has 1 aliphatic rings. The van der Waals surface area contributed by atoms with Gasteiger partial charge in [0.2, 0.25) is 5.91 Å². The van der Waals surface area contributed by atoms with Crippen molar-refractivity contribution in [1.29, 1.82) is 0 Å². The molecule has 0 aliphatic carbocycles. The number of carbonyl (C=O) groups excluding carboxylic acids is 3. The standard InChI is InChI=1S/C12H11N3O4/c1-19-11(17)9-4-2-8(3-5-9)6-13-15-7-10(16)14-12(15)18/h2-6H,7H2,1H3,(H,14,16,18)/b13-6-. The number of carbonyl (C=O) groups is 3. The molecule has 0 spiro atoms. The van der Waals surface area contributed by atoms with Crippen molar-refractivity contribution in [3.8, 4) is 0 Å². The van der Waals surface area contributed by atoms with Crippen molar-refractivity contribution in [2.75, 3.05) is 13.7 Å². The van der Waals surface area contributed by atoms with E-state index in [0.29, 0.717) is 11.1 Å². The Labute approximate surface area is 108 Å². The molecule has 1 N–H and O–H groups in total. The molecule has 1 aromatic rings. The fourth-order valence-electron chi connectivity index (χ4n) is 1.48. The zero-order valence-corrected chi connectivity index (χ0v) is 10.1. The summed E-state index contributed by atoms with van der Waals surface area (Å²) >= 11 is 0. The minimum Gasteiger partial charge on any atom is -0.465 e. The summed E-state index contributed by atoms with van der Waals surface area (Å²) in [6.07, 6.45) is 1.43. The maximum atomic E-state index is 11.2. The minimum absolute atomic E-state index is 0.0877. The third-order valence-corrected chi connectivity index (χ3v) is 2.45. The molecule has 0 bridgehead atoms. The third-order valence-electron chi connectivity index (χ3n) is 2.45. The summed E-state index contributed by atoms with van der Waals surface area (Å²) in [6, 6.07) is 5.94. The molecule has 98 valence electrons. The predicted octanol–water partition coefficient (Wildman–Crippen LogP) is 0.359. The van der Waals surface area contributed by atoms with Gasteiger partial charge in [-0.15, -0.1) is 0 Å². The molecule has 1 fully saturated rings. The molecule has 19 heavy (non-hydrogen) atoms. The fourth-order valence-corrected chi connectivity index (χ4v) is 1.48. The molecule has 0 aromatic heterocycles. The van der Waals surface area contributed by atoms with E-state index in [9.17, 15) is 14.4 Å². The van der Waals surface area contributed by atoms with Gasteiger partial charge in [-0.25, -0.2) is 14.6 Å². The highest BCUT2D eigenvalue weighted by molar-refractivity contribution is 6.02. The van der Waals surface area contributed by atoms with Gasteiger partial charge >= 0.3 is 12.0 Å². The molecule has 0 saturated carbocycles. The number of amides is 3. The van der Waals surface area contributed by atoms with Crippen LogP contribution in [-0.4, -0.2) is 42.8 Å². The Kier molecular flexibility index (Phi) is 3.56. The van der Waals surface area contributed by atoms with Crippen LogP contribution in [-0.2, 0) is 9.53 Å². The highest BCUT2D eigenvalue weighted by Crippen LogP contribution is 2.05. The number of hydrogen-bond donors (Lipinski definition) is 1. The summed E-state index contributed by atoms with van der Waals surface area (Å²) in [7, 11) is 1.31. The first kappa shape index (κ1) is 12.7. The summed E-state index contributed by atoms with van der Waals surface area (Å²) in [5.41, 5.74) is 1.12. The van der Waals surface area contributed by atoms with Crippen LogP contribution in [0.2, 0.25) is 0 Å². The first-order valence-electron chi connectivity index (χ1n) is 5.44. The predicted molar refractivity (Wildman–Crippen MR) is 65.6 cm³/mol. The van der Waals surface area contributed by atoms with Crippen molar-refractivity contribution >= 4 is 24.1 Å². The van der Waals surface area contributed by atoms with Crippen molar-refractivity contribution in [2.24, 2.45) is 5.10 Å². The zero-order chi connectivity index (χ0) is 13.8. The van der Waals surface area contributed by atoms with E-state index in [1.807, 2.05) is 0 Å². The molecule has 0 atom stereocenters. The number of urea groups is 1. The van der Waals surface area contributed by atoms with Crippen molar-refractivity contribution in [2.45, 2.75) is 0 Å². The number of rotatable bonds is 3. The van der Waals surface area contributed by atoms with Gasteiger partial charge in [0, 0.05) is 0 Å². The van der Waals surface area contributed by atoms with Crippen molar-refractivity contribution in [3.05, 3.63) is 35.4 Å². The number of hydrogen-bond acceptors (Lipinski definition) is 5. The Balaban J connectivity index is 2.05. The molecule has 3 amide bonds. The average molecular weight is 261 g/mol. The molecule has 1 aromatic carbocycles. The van der Waals surface area contributed by atoms with Gasteiger partial charge in [-0.1, -0.05) is 12.1 Å². The van der Waals surface area contributed by atoms with E-state index in [1.54, 1.807) is 24.3 Å². The second-order valence-electron chi connectivity index (χ2n) is 3.77. The van der Waals surface area contributed by atoms with E-state index in [1.165, 1.54) is 13.3 Å². The molecule has 0 radical (unpaired) electrons. The number of methoxy groups -OCH3 is 1. The molecule has 2 rings (SSSR count). The first-order valence-corrected chi connectivity index (χ1v) is 5.44. The Morgan fingerprint density at radius 1 is 1.37 bits per heavy atom. The molecule has 7 nitrogen and oxygen atoms in total. The Bertz CT molecular complexity index is 551. The first-order chi connectivity index (χ1) is 9.10. The lowest BCUT2D eigenvalue weighted by Crippen LogP contribution is -2.24. The summed E-state index contributed by atoms with van der Waals surface area (Å²) < 4.78 is 4.57. The number of nitrogens with zero attached hydrogens (tertiary/aromatic N) is 2. The monoisotopic (exact) mass is 261 g/mol. The SMILES string of the molecule is COC(=O)c1ccc(/C=N\N2CC(=O)NC2=O)cc1. The van der Waals surface area contributed by atoms with Crippen LogP contribution >= 0.6 is 0 Å². The fraction of sp³-hybridized carbons (Fsp3) is 0.167. The van der Waals surface area contributed by atoms with Gasteiger partial charge in [-0.2, -0.15) is 5.10 Å². The van der Waals surface area contributed by atoms with Crippen molar-refractivity contribution < 1.29 is 19.1 Å². The average Bonchev–Trinajstić information content (AvgIpc) is 2.74. The van der Waals surface area contributed by atoms with Crippen LogP contribution in [0.4, 0.5) is 4.79 Å². The van der Waals surface area contributed by atoms with Gasteiger partial charge in [-0.3, -0.25) is 10.1 Å². The molecular weight excluding hydrogens is 250 g/mol. The molecule has 1 aliphatic heterocycles. The van der Waals surface area contributed by atoms with Gasteiger partial charge < -0.3 is 4.74 Å². The van der Waals surface area contributed by atoms with Crippen LogP contribution in [0.25, 0.3) is 0 Å². The Hall–Kier alpha value is -2.70. The largest absolute Gasteiger partial charge is 0.465 e. The Morgan fingerprint density at radius 2 is 2.05 bits per heavy atom. The molecule has 0 unspecified atom stereocenters. The summed E-state index contributed by atoms with van der Waals surface area (Å²) in [5.74, 6) is -0.809. The van der Waals surface area contributed by atoms with E-state index in [2.05, 4.69) is 15.2 Å². The zero-order valence-electron chi connectivity index (χ0n) is 10.1. The van der Waals surface area contributed by atoms with Gasteiger partial charge in [-0.05, 0) is 17.7 Å². The topological polar surface area (TPSA) is 88.1 Å². The van der Waals surface area contributed by atoms with Crippen LogP contribution < -0.4 is 5.32 Å². The highest BCUT2D eigenvalue weighted by Gasteiger charge is 2.25. The molecule has 7 heteroatoms. The van der Waals surface area contributed by atoms with Crippen LogP contribution in [0.15, 0.2) is 29.4 Å². The van der Waals surface area contributed by atoms with E-state index in [4.69, 9.17) is 0 Å². The number of benzene rings is 1. The lowest BCUT2D eigenvalue weighted by molar-refractivity contribution is -0.118. The number of ether oxygens (including phenoxy) is 1. The number of nitrogens with one attached hydrogen (secondary N) is 1. The number of hydrazone groups is 1. The van der Waals surface area contributed by atoms with E-state index in [-0.39, 0.29) is 12.5 Å². The quantitative estimate of drug-likeness (QED) is 0.483. The molecular formula is C12H11N3O4. The summed E-state index contributed by atoms with van der Waals surface area (Å²) in [5, 5.41) is 7.01. The molecule has 1 saturated heterocycles. The minimum atomic E-state index is -0.549. The second-order valence-corrected chi connectivity index (χ2v) is 3.77. The van der Waals surface area contributed by atoms with E-state index in [0.717, 1.165) is 5.01 Å². The maximum absolute atomic E-state index is 11.2. The maximum Gasteiger partial charge on any atom is 0.344 e. The summed E-state index contributed by atoms with van der Waals surface area (Å²) in [6.45, 7) is -0.0877. The van der Waals surface area contributed by atoms with Crippen molar-refractivity contribution in [1.82, 2.24) is 10.3 Å². The van der Waals surface area contributed by atoms with Crippen LogP contribution in [0.1, 0.15) is 15.9 Å².